The lowest BCUT2D eigenvalue weighted by molar-refractivity contribution is 0.0922. The van der Waals surface area contributed by atoms with E-state index in [0.717, 1.165) is 5.69 Å². The van der Waals surface area contributed by atoms with Crippen LogP contribution in [0.15, 0.2) is 35.1 Å². The van der Waals surface area contributed by atoms with E-state index in [2.05, 4.69) is 15.3 Å². The number of rotatable bonds is 3. The highest BCUT2D eigenvalue weighted by Gasteiger charge is 2.07. The fraction of sp³-hybridized carbons (Fsp3) is 0.182. The fourth-order valence-electron chi connectivity index (χ4n) is 1.27. The lowest BCUT2D eigenvalue weighted by Gasteiger charge is -2.02. The Labute approximate surface area is 92.5 Å². The highest BCUT2D eigenvalue weighted by molar-refractivity contribution is 5.91. The van der Waals surface area contributed by atoms with E-state index in [4.69, 9.17) is 4.42 Å². The van der Waals surface area contributed by atoms with Gasteiger partial charge in [-0.25, -0.2) is 9.97 Å². The summed E-state index contributed by atoms with van der Waals surface area (Å²) in [5.41, 5.74) is 0.771. The monoisotopic (exact) mass is 217 g/mol. The molecule has 0 aliphatic carbocycles. The van der Waals surface area contributed by atoms with E-state index < -0.39 is 0 Å². The SMILES string of the molecule is Cc1nccc(CNC(=O)c2ccco2)n1. The lowest BCUT2D eigenvalue weighted by Crippen LogP contribution is -2.22. The zero-order chi connectivity index (χ0) is 11.4. The van der Waals surface area contributed by atoms with Crippen LogP contribution >= 0.6 is 0 Å². The molecule has 0 bridgehead atoms. The van der Waals surface area contributed by atoms with Crippen molar-refractivity contribution in [3.05, 3.63) is 47.9 Å². The first-order valence-electron chi connectivity index (χ1n) is 4.86. The van der Waals surface area contributed by atoms with Crippen molar-refractivity contribution in [3.8, 4) is 0 Å². The van der Waals surface area contributed by atoms with Crippen LogP contribution in [0, 0.1) is 6.92 Å². The molecule has 0 atom stereocenters. The summed E-state index contributed by atoms with van der Waals surface area (Å²) in [6.07, 6.45) is 3.13. The molecule has 0 spiro atoms. The van der Waals surface area contributed by atoms with Gasteiger partial charge in [0.1, 0.15) is 5.82 Å². The van der Waals surface area contributed by atoms with Crippen molar-refractivity contribution in [1.29, 1.82) is 0 Å². The van der Waals surface area contributed by atoms with Crippen molar-refractivity contribution in [2.24, 2.45) is 0 Å². The molecule has 2 aromatic rings. The highest BCUT2D eigenvalue weighted by atomic mass is 16.3. The largest absolute Gasteiger partial charge is 0.459 e. The first-order chi connectivity index (χ1) is 7.75. The number of amides is 1. The Kier molecular flexibility index (Phi) is 2.95. The zero-order valence-corrected chi connectivity index (χ0v) is 8.80. The normalized spacial score (nSPS) is 10.1. The van der Waals surface area contributed by atoms with Gasteiger partial charge < -0.3 is 9.73 Å². The Morgan fingerprint density at radius 3 is 3.06 bits per heavy atom. The molecule has 0 radical (unpaired) electrons. The van der Waals surface area contributed by atoms with Crippen LogP contribution in [-0.4, -0.2) is 15.9 Å². The molecule has 0 unspecified atom stereocenters. The number of nitrogens with one attached hydrogen (secondary N) is 1. The molecule has 2 rings (SSSR count). The maximum atomic E-state index is 11.5. The summed E-state index contributed by atoms with van der Waals surface area (Å²) in [4.78, 5) is 19.7. The van der Waals surface area contributed by atoms with Crippen LogP contribution in [0.25, 0.3) is 0 Å². The Morgan fingerprint density at radius 1 is 1.50 bits per heavy atom. The van der Waals surface area contributed by atoms with Crippen LogP contribution in [0.2, 0.25) is 0 Å². The van der Waals surface area contributed by atoms with Crippen LogP contribution in [0.4, 0.5) is 0 Å². The van der Waals surface area contributed by atoms with Crippen molar-refractivity contribution < 1.29 is 9.21 Å². The molecule has 0 fully saturated rings. The van der Waals surface area contributed by atoms with Crippen molar-refractivity contribution >= 4 is 5.91 Å². The number of hydrogen-bond acceptors (Lipinski definition) is 4. The molecule has 0 saturated carbocycles. The summed E-state index contributed by atoms with van der Waals surface area (Å²) in [7, 11) is 0. The van der Waals surface area contributed by atoms with Gasteiger partial charge in [-0.1, -0.05) is 0 Å². The predicted molar refractivity (Wildman–Crippen MR) is 56.6 cm³/mol. The van der Waals surface area contributed by atoms with Gasteiger partial charge in [0.05, 0.1) is 18.5 Å². The van der Waals surface area contributed by atoms with Gasteiger partial charge in [0, 0.05) is 6.20 Å². The molecular formula is C11H11N3O2. The smallest absolute Gasteiger partial charge is 0.287 e. The number of carbonyl (C=O) groups excluding carboxylic acids is 1. The van der Waals surface area contributed by atoms with Crippen molar-refractivity contribution in [1.82, 2.24) is 15.3 Å². The lowest BCUT2D eigenvalue weighted by atomic mass is 10.3. The van der Waals surface area contributed by atoms with E-state index in [1.807, 2.05) is 0 Å². The molecule has 1 N–H and O–H groups in total. The van der Waals surface area contributed by atoms with Gasteiger partial charge in [-0.15, -0.1) is 0 Å². The molecule has 0 aliphatic rings. The summed E-state index contributed by atoms with van der Waals surface area (Å²) in [6, 6.07) is 5.04. The molecule has 5 heteroatoms. The average molecular weight is 217 g/mol. The number of aromatic nitrogens is 2. The van der Waals surface area contributed by atoms with Gasteiger partial charge in [0.15, 0.2) is 5.76 Å². The molecule has 0 aromatic carbocycles. The van der Waals surface area contributed by atoms with Crippen LogP contribution in [-0.2, 0) is 6.54 Å². The molecule has 16 heavy (non-hydrogen) atoms. The Morgan fingerprint density at radius 2 is 2.38 bits per heavy atom. The van der Waals surface area contributed by atoms with E-state index >= 15 is 0 Å². The highest BCUT2D eigenvalue weighted by Crippen LogP contribution is 2.00. The van der Waals surface area contributed by atoms with E-state index in [1.54, 1.807) is 31.3 Å². The van der Waals surface area contributed by atoms with Crippen molar-refractivity contribution in [2.45, 2.75) is 13.5 Å². The number of nitrogens with zero attached hydrogens (tertiary/aromatic N) is 2. The van der Waals surface area contributed by atoms with E-state index in [9.17, 15) is 4.79 Å². The predicted octanol–water partition coefficient (Wildman–Crippen LogP) is 1.31. The molecule has 2 heterocycles. The third-order valence-electron chi connectivity index (χ3n) is 2.01. The molecule has 1 amide bonds. The fourth-order valence-corrected chi connectivity index (χ4v) is 1.27. The van der Waals surface area contributed by atoms with Crippen molar-refractivity contribution in [3.63, 3.8) is 0 Å². The van der Waals surface area contributed by atoms with Crippen LogP contribution in [0.1, 0.15) is 22.1 Å². The number of carbonyl (C=O) groups is 1. The Hall–Kier alpha value is -2.17. The van der Waals surface area contributed by atoms with E-state index in [0.29, 0.717) is 18.1 Å². The van der Waals surface area contributed by atoms with Gasteiger partial charge in [0.25, 0.3) is 5.91 Å². The third kappa shape index (κ3) is 2.44. The molecule has 2 aromatic heterocycles. The van der Waals surface area contributed by atoms with E-state index in [1.165, 1.54) is 6.26 Å². The van der Waals surface area contributed by atoms with E-state index in [-0.39, 0.29) is 5.91 Å². The maximum Gasteiger partial charge on any atom is 0.287 e. The van der Waals surface area contributed by atoms with Gasteiger partial charge >= 0.3 is 0 Å². The summed E-state index contributed by atoms with van der Waals surface area (Å²) < 4.78 is 4.96. The summed E-state index contributed by atoms with van der Waals surface area (Å²) in [5, 5.41) is 2.71. The van der Waals surface area contributed by atoms with Crippen LogP contribution < -0.4 is 5.32 Å². The average Bonchev–Trinajstić information content (AvgIpc) is 2.79. The van der Waals surface area contributed by atoms with Crippen LogP contribution in [0.3, 0.4) is 0 Å². The molecule has 0 saturated heterocycles. The minimum atomic E-state index is -0.249. The minimum Gasteiger partial charge on any atom is -0.459 e. The first kappa shape index (κ1) is 10.4. The Balaban J connectivity index is 1.95. The standard InChI is InChI=1S/C11H11N3O2/c1-8-12-5-4-9(14-8)7-13-11(15)10-3-2-6-16-10/h2-6H,7H2,1H3,(H,13,15). The summed E-state index contributed by atoms with van der Waals surface area (Å²) in [5.74, 6) is 0.733. The van der Waals surface area contributed by atoms with Gasteiger partial charge in [-0.05, 0) is 25.1 Å². The van der Waals surface area contributed by atoms with Gasteiger partial charge in [0.2, 0.25) is 0 Å². The van der Waals surface area contributed by atoms with Crippen LogP contribution in [0.5, 0.6) is 0 Å². The number of furan rings is 1. The molecule has 82 valence electrons. The second-order valence-corrected chi connectivity index (χ2v) is 3.26. The topological polar surface area (TPSA) is 68.0 Å². The minimum absolute atomic E-state index is 0.249. The molecular weight excluding hydrogens is 206 g/mol. The first-order valence-corrected chi connectivity index (χ1v) is 4.86. The third-order valence-corrected chi connectivity index (χ3v) is 2.01. The summed E-state index contributed by atoms with van der Waals surface area (Å²) in [6.45, 7) is 2.17. The second kappa shape index (κ2) is 4.57. The van der Waals surface area contributed by atoms with Gasteiger partial charge in [-0.2, -0.15) is 0 Å². The maximum absolute atomic E-state index is 11.5. The second-order valence-electron chi connectivity index (χ2n) is 3.26. The zero-order valence-electron chi connectivity index (χ0n) is 8.80. The number of hydrogen-bond donors (Lipinski definition) is 1. The summed E-state index contributed by atoms with van der Waals surface area (Å²) >= 11 is 0. The quantitative estimate of drug-likeness (QED) is 0.841. The Bertz CT molecular complexity index is 480. The van der Waals surface area contributed by atoms with Gasteiger partial charge in [-0.3, -0.25) is 4.79 Å². The van der Waals surface area contributed by atoms with Crippen molar-refractivity contribution in [2.75, 3.05) is 0 Å². The molecule has 5 nitrogen and oxygen atoms in total. The number of aryl methyl sites for hydroxylation is 1. The molecule has 0 aliphatic heterocycles.